The Balaban J connectivity index is 2.07. The molecule has 0 amide bonds. The van der Waals surface area contributed by atoms with E-state index in [0.717, 1.165) is 35.9 Å². The number of benzene rings is 2. The van der Waals surface area contributed by atoms with Crippen LogP contribution in [0.1, 0.15) is 27.8 Å². The van der Waals surface area contributed by atoms with Crippen molar-refractivity contribution in [2.75, 3.05) is 7.11 Å². The highest BCUT2D eigenvalue weighted by atomic mass is 79.9. The summed E-state index contributed by atoms with van der Waals surface area (Å²) in [6, 6.07) is 11.4. The van der Waals surface area contributed by atoms with Gasteiger partial charge >= 0.3 is 0 Å². The Labute approximate surface area is 129 Å². The van der Waals surface area contributed by atoms with Crippen molar-refractivity contribution in [2.45, 2.75) is 32.6 Å². The van der Waals surface area contributed by atoms with E-state index in [9.17, 15) is 0 Å². The van der Waals surface area contributed by atoms with Crippen LogP contribution in [0.3, 0.4) is 0 Å². The van der Waals surface area contributed by atoms with E-state index in [0.29, 0.717) is 0 Å². The van der Waals surface area contributed by atoms with Crippen molar-refractivity contribution in [3.05, 3.63) is 62.6 Å². The summed E-state index contributed by atoms with van der Waals surface area (Å²) >= 11 is 3.63. The second kappa shape index (κ2) is 5.61. The molecule has 2 aromatic carbocycles. The molecule has 0 spiro atoms. The molecule has 1 aliphatic rings. The molecular weight excluding hydrogens is 312 g/mol. The van der Waals surface area contributed by atoms with Gasteiger partial charge in [-0.25, -0.2) is 0 Å². The van der Waals surface area contributed by atoms with Crippen LogP contribution in [0.25, 0.3) is 0 Å². The summed E-state index contributed by atoms with van der Waals surface area (Å²) in [5, 5.41) is 0. The van der Waals surface area contributed by atoms with Crippen molar-refractivity contribution in [1.29, 1.82) is 0 Å². The van der Waals surface area contributed by atoms with Crippen LogP contribution in [-0.4, -0.2) is 7.11 Å². The number of rotatable bonds is 1. The van der Waals surface area contributed by atoms with Gasteiger partial charge in [0.2, 0.25) is 0 Å². The summed E-state index contributed by atoms with van der Waals surface area (Å²) in [4.78, 5) is 0. The summed E-state index contributed by atoms with van der Waals surface area (Å²) < 4.78 is 6.83. The van der Waals surface area contributed by atoms with Crippen LogP contribution in [-0.2, 0) is 25.7 Å². The van der Waals surface area contributed by atoms with E-state index in [1.165, 1.54) is 27.8 Å². The first-order valence-electron chi connectivity index (χ1n) is 7.10. The van der Waals surface area contributed by atoms with Gasteiger partial charge in [-0.05, 0) is 67.0 Å². The lowest BCUT2D eigenvalue weighted by Crippen LogP contribution is -2.04. The van der Waals surface area contributed by atoms with Gasteiger partial charge in [-0.1, -0.05) is 39.7 Å². The fraction of sp³-hybridized carbons (Fsp3) is 0.333. The van der Waals surface area contributed by atoms with Crippen LogP contribution in [0.2, 0.25) is 0 Å². The lowest BCUT2D eigenvalue weighted by molar-refractivity contribution is 0.404. The number of fused-ring (bicyclic) bond motifs is 4. The Morgan fingerprint density at radius 2 is 1.40 bits per heavy atom. The average molecular weight is 331 g/mol. The monoisotopic (exact) mass is 330 g/mol. The third-order valence-corrected chi connectivity index (χ3v) is 4.43. The molecule has 1 nitrogen and oxygen atoms in total. The highest BCUT2D eigenvalue weighted by Crippen LogP contribution is 2.31. The molecule has 0 saturated carbocycles. The van der Waals surface area contributed by atoms with Crippen molar-refractivity contribution in [1.82, 2.24) is 0 Å². The molecule has 0 aromatic heterocycles. The van der Waals surface area contributed by atoms with Crippen LogP contribution in [0, 0.1) is 6.92 Å². The van der Waals surface area contributed by atoms with Crippen LogP contribution >= 0.6 is 15.9 Å². The predicted octanol–water partition coefficient (Wildman–Crippen LogP) is 4.65. The lowest BCUT2D eigenvalue weighted by atomic mass is 9.93. The first-order chi connectivity index (χ1) is 9.65. The number of hydrogen-bond acceptors (Lipinski definition) is 1. The SMILES string of the molecule is COc1c2cc(Br)cc1CCc1cc(C)cc(c1)CC2. The molecular formula is C18H19BrO. The predicted molar refractivity (Wildman–Crippen MR) is 86.7 cm³/mol. The fourth-order valence-corrected chi connectivity index (χ4v) is 3.69. The zero-order valence-corrected chi connectivity index (χ0v) is 13.6. The largest absolute Gasteiger partial charge is 0.496 e. The molecule has 4 bridgehead atoms. The molecule has 0 aliphatic heterocycles. The Morgan fingerprint density at radius 3 is 1.90 bits per heavy atom. The molecule has 1 aliphatic carbocycles. The van der Waals surface area contributed by atoms with Crippen molar-refractivity contribution in [3.8, 4) is 5.75 Å². The highest BCUT2D eigenvalue weighted by molar-refractivity contribution is 9.10. The molecule has 0 heterocycles. The molecule has 20 heavy (non-hydrogen) atoms. The van der Waals surface area contributed by atoms with Crippen LogP contribution in [0.4, 0.5) is 0 Å². The fourth-order valence-electron chi connectivity index (χ4n) is 3.14. The lowest BCUT2D eigenvalue weighted by Gasteiger charge is -2.17. The van der Waals surface area contributed by atoms with Gasteiger partial charge in [0.1, 0.15) is 5.75 Å². The molecule has 0 N–H and O–H groups in total. The quantitative estimate of drug-likeness (QED) is 0.739. The van der Waals surface area contributed by atoms with Crippen molar-refractivity contribution in [2.24, 2.45) is 0 Å². The van der Waals surface area contributed by atoms with Gasteiger partial charge in [0.25, 0.3) is 0 Å². The van der Waals surface area contributed by atoms with Crippen molar-refractivity contribution >= 4 is 15.9 Å². The van der Waals surface area contributed by atoms with Gasteiger partial charge in [-0.2, -0.15) is 0 Å². The minimum Gasteiger partial charge on any atom is -0.496 e. The molecule has 0 atom stereocenters. The first-order valence-corrected chi connectivity index (χ1v) is 7.90. The van der Waals surface area contributed by atoms with Crippen molar-refractivity contribution in [3.63, 3.8) is 0 Å². The number of ether oxygens (including phenoxy) is 1. The third kappa shape index (κ3) is 2.76. The normalized spacial score (nSPS) is 13.9. The number of hydrogen-bond donors (Lipinski definition) is 0. The van der Waals surface area contributed by atoms with Gasteiger partial charge in [-0.3, -0.25) is 0 Å². The van der Waals surface area contributed by atoms with E-state index in [4.69, 9.17) is 4.74 Å². The third-order valence-electron chi connectivity index (χ3n) is 3.97. The molecule has 2 aromatic rings. The van der Waals surface area contributed by atoms with E-state index in [2.05, 4.69) is 53.2 Å². The Morgan fingerprint density at radius 1 is 0.850 bits per heavy atom. The van der Waals surface area contributed by atoms with E-state index in [1.54, 1.807) is 7.11 Å². The van der Waals surface area contributed by atoms with Gasteiger partial charge in [0.15, 0.2) is 0 Å². The van der Waals surface area contributed by atoms with Gasteiger partial charge in [0, 0.05) is 4.47 Å². The van der Waals surface area contributed by atoms with Crippen LogP contribution in [0.15, 0.2) is 34.8 Å². The Kier molecular flexibility index (Phi) is 3.84. The second-order valence-electron chi connectivity index (χ2n) is 5.58. The Hall–Kier alpha value is -1.28. The maximum Gasteiger partial charge on any atom is 0.125 e. The topological polar surface area (TPSA) is 9.23 Å². The zero-order valence-electron chi connectivity index (χ0n) is 12.0. The number of aryl methyl sites for hydroxylation is 5. The maximum absolute atomic E-state index is 5.67. The minimum absolute atomic E-state index is 1.03. The minimum atomic E-state index is 1.03. The molecule has 3 rings (SSSR count). The highest BCUT2D eigenvalue weighted by Gasteiger charge is 2.13. The Bertz CT molecular complexity index is 599. The average Bonchev–Trinajstić information content (AvgIpc) is 2.41. The van der Waals surface area contributed by atoms with Crippen LogP contribution in [0.5, 0.6) is 5.75 Å². The number of methoxy groups -OCH3 is 1. The van der Waals surface area contributed by atoms with E-state index < -0.39 is 0 Å². The van der Waals surface area contributed by atoms with Gasteiger partial charge < -0.3 is 4.74 Å². The summed E-state index contributed by atoms with van der Waals surface area (Å²) in [6.07, 6.45) is 4.19. The molecule has 0 radical (unpaired) electrons. The van der Waals surface area contributed by atoms with E-state index >= 15 is 0 Å². The molecule has 104 valence electrons. The summed E-state index contributed by atoms with van der Waals surface area (Å²) in [7, 11) is 1.78. The standard InChI is InChI=1S/C18H19BrO/c1-12-7-13-3-5-15-10-17(19)11-16(18(15)20-2)6-4-14(8-12)9-13/h7-11H,3-6H2,1-2H3. The van der Waals surface area contributed by atoms with E-state index in [1.807, 2.05) is 0 Å². The van der Waals surface area contributed by atoms with E-state index in [-0.39, 0.29) is 0 Å². The smallest absolute Gasteiger partial charge is 0.125 e. The van der Waals surface area contributed by atoms with Crippen LogP contribution < -0.4 is 4.74 Å². The molecule has 0 fully saturated rings. The molecule has 2 heteroatoms. The molecule has 0 unspecified atom stereocenters. The number of halogens is 1. The second-order valence-corrected chi connectivity index (χ2v) is 6.50. The summed E-state index contributed by atoms with van der Waals surface area (Å²) in [6.45, 7) is 2.19. The van der Waals surface area contributed by atoms with Gasteiger partial charge in [-0.15, -0.1) is 0 Å². The van der Waals surface area contributed by atoms with Gasteiger partial charge in [0.05, 0.1) is 7.11 Å². The summed E-state index contributed by atoms with van der Waals surface area (Å²) in [5.41, 5.74) is 6.86. The summed E-state index contributed by atoms with van der Waals surface area (Å²) in [5.74, 6) is 1.08. The first kappa shape index (κ1) is 13.7. The maximum atomic E-state index is 5.67. The zero-order chi connectivity index (χ0) is 14.1. The van der Waals surface area contributed by atoms with Crippen molar-refractivity contribution < 1.29 is 4.74 Å². The molecule has 0 saturated heterocycles.